The average Bonchev–Trinajstić information content (AvgIpc) is 2.29. The predicted molar refractivity (Wildman–Crippen MR) is 75.9 cm³/mol. The summed E-state index contributed by atoms with van der Waals surface area (Å²) in [7, 11) is -3.73. The lowest BCUT2D eigenvalue weighted by atomic mass is 10.1. The van der Waals surface area contributed by atoms with Gasteiger partial charge in [0.1, 0.15) is 5.82 Å². The molecule has 7 heteroatoms. The first-order valence-corrected chi connectivity index (χ1v) is 7.99. The van der Waals surface area contributed by atoms with E-state index < -0.39 is 32.8 Å². The Balaban J connectivity index is 3.07. The normalized spacial score (nSPS) is 12.4. The van der Waals surface area contributed by atoms with Crippen LogP contribution < -0.4 is 0 Å². The van der Waals surface area contributed by atoms with Gasteiger partial charge in [0.2, 0.25) is 0 Å². The minimum Gasteiger partial charge on any atom is -0.478 e. The number of aryl methyl sites for hydroxylation is 1. The summed E-state index contributed by atoms with van der Waals surface area (Å²) < 4.78 is 43.3. The van der Waals surface area contributed by atoms with Crippen LogP contribution in [0, 0.1) is 12.7 Å². The number of carboxylic acid groups (broad SMARTS) is 1. The Hall–Kier alpha value is -1.47. The van der Waals surface area contributed by atoms with Gasteiger partial charge < -0.3 is 9.84 Å². The van der Waals surface area contributed by atoms with Gasteiger partial charge >= 0.3 is 5.97 Å². The lowest BCUT2D eigenvalue weighted by Gasteiger charge is -2.19. The standard InChI is InChI=1S/C14H19FO5S/c1-9-7-10(8-11(12(9)15)13(16)17)21(18,19)6-5-20-14(2,3)4/h7-8H,5-6H2,1-4H3,(H,16,17). The molecule has 0 atom stereocenters. The summed E-state index contributed by atoms with van der Waals surface area (Å²) in [5.41, 5.74) is -1.14. The van der Waals surface area contributed by atoms with E-state index in [4.69, 9.17) is 9.84 Å². The summed E-state index contributed by atoms with van der Waals surface area (Å²) in [4.78, 5) is 10.7. The molecule has 21 heavy (non-hydrogen) atoms. The number of carbonyl (C=O) groups is 1. The van der Waals surface area contributed by atoms with E-state index in [1.54, 1.807) is 20.8 Å². The number of hydrogen-bond acceptors (Lipinski definition) is 4. The maximum absolute atomic E-state index is 13.6. The number of rotatable bonds is 5. The third kappa shape index (κ3) is 4.78. The fourth-order valence-electron chi connectivity index (χ4n) is 1.65. The van der Waals surface area contributed by atoms with E-state index >= 15 is 0 Å². The van der Waals surface area contributed by atoms with E-state index in [2.05, 4.69) is 0 Å². The first-order chi connectivity index (χ1) is 9.44. The highest BCUT2D eigenvalue weighted by molar-refractivity contribution is 7.91. The van der Waals surface area contributed by atoms with Gasteiger partial charge in [-0.3, -0.25) is 0 Å². The van der Waals surface area contributed by atoms with E-state index in [1.807, 2.05) is 0 Å². The highest BCUT2D eigenvalue weighted by Crippen LogP contribution is 2.21. The van der Waals surface area contributed by atoms with Gasteiger partial charge in [-0.25, -0.2) is 17.6 Å². The second-order valence-corrected chi connectivity index (χ2v) is 7.80. The van der Waals surface area contributed by atoms with Gasteiger partial charge in [0.25, 0.3) is 0 Å². The molecule has 0 spiro atoms. The van der Waals surface area contributed by atoms with Crippen LogP contribution in [0.2, 0.25) is 0 Å². The van der Waals surface area contributed by atoms with Crippen molar-refractivity contribution in [2.75, 3.05) is 12.4 Å². The summed E-state index contributed by atoms with van der Waals surface area (Å²) in [6, 6.07) is 1.98. The molecule has 0 aliphatic rings. The summed E-state index contributed by atoms with van der Waals surface area (Å²) in [5, 5.41) is 8.90. The molecule has 0 unspecified atom stereocenters. The van der Waals surface area contributed by atoms with Crippen molar-refractivity contribution in [3.05, 3.63) is 29.1 Å². The predicted octanol–water partition coefficient (Wildman–Crippen LogP) is 2.42. The van der Waals surface area contributed by atoms with Crippen molar-refractivity contribution in [3.63, 3.8) is 0 Å². The molecule has 1 aromatic carbocycles. The minimum atomic E-state index is -3.73. The zero-order valence-electron chi connectivity index (χ0n) is 12.4. The van der Waals surface area contributed by atoms with Gasteiger partial charge in [-0.1, -0.05) is 0 Å². The SMILES string of the molecule is Cc1cc(S(=O)(=O)CCOC(C)(C)C)cc(C(=O)O)c1F. The lowest BCUT2D eigenvalue weighted by Crippen LogP contribution is -2.24. The van der Waals surface area contributed by atoms with Crippen molar-refractivity contribution >= 4 is 15.8 Å². The zero-order valence-corrected chi connectivity index (χ0v) is 13.3. The van der Waals surface area contributed by atoms with Crippen LogP contribution in [0.25, 0.3) is 0 Å². The van der Waals surface area contributed by atoms with Gasteiger partial charge in [0, 0.05) is 0 Å². The quantitative estimate of drug-likeness (QED) is 0.843. The molecule has 0 heterocycles. The Morgan fingerprint density at radius 3 is 2.38 bits per heavy atom. The van der Waals surface area contributed by atoms with Gasteiger partial charge in [-0.2, -0.15) is 0 Å². The van der Waals surface area contributed by atoms with E-state index in [-0.39, 0.29) is 22.8 Å². The van der Waals surface area contributed by atoms with Crippen molar-refractivity contribution in [3.8, 4) is 0 Å². The second kappa shape index (κ2) is 6.11. The van der Waals surface area contributed by atoms with E-state index in [1.165, 1.54) is 6.92 Å². The van der Waals surface area contributed by atoms with Crippen molar-refractivity contribution in [1.29, 1.82) is 0 Å². The van der Waals surface area contributed by atoms with Gasteiger partial charge in [-0.15, -0.1) is 0 Å². The van der Waals surface area contributed by atoms with Crippen molar-refractivity contribution in [2.24, 2.45) is 0 Å². The Labute approximate surface area is 123 Å². The number of hydrogen-bond donors (Lipinski definition) is 1. The molecule has 1 aromatic rings. The third-order valence-corrected chi connectivity index (χ3v) is 4.36. The summed E-state index contributed by atoms with van der Waals surface area (Å²) >= 11 is 0. The Morgan fingerprint density at radius 2 is 1.90 bits per heavy atom. The van der Waals surface area contributed by atoms with Gasteiger partial charge in [-0.05, 0) is 45.4 Å². The molecule has 0 amide bonds. The monoisotopic (exact) mass is 318 g/mol. The number of carboxylic acids is 1. The third-order valence-electron chi connectivity index (χ3n) is 2.70. The molecule has 0 saturated heterocycles. The molecule has 1 rings (SSSR count). The Kier molecular flexibility index (Phi) is 5.11. The highest BCUT2D eigenvalue weighted by atomic mass is 32.2. The maximum atomic E-state index is 13.6. The van der Waals surface area contributed by atoms with Crippen LogP contribution in [0.3, 0.4) is 0 Å². The number of sulfone groups is 1. The number of ether oxygens (including phenoxy) is 1. The van der Waals surface area contributed by atoms with E-state index in [0.717, 1.165) is 12.1 Å². The molecule has 0 radical (unpaired) electrons. The summed E-state index contributed by atoms with van der Waals surface area (Å²) in [6.45, 7) is 6.69. The van der Waals surface area contributed by atoms with Crippen molar-refractivity contribution in [1.82, 2.24) is 0 Å². The molecular formula is C14H19FO5S. The van der Waals surface area contributed by atoms with Crippen LogP contribution in [-0.4, -0.2) is 37.5 Å². The van der Waals surface area contributed by atoms with Crippen molar-refractivity contribution < 1.29 is 27.4 Å². The van der Waals surface area contributed by atoms with Crippen LogP contribution in [-0.2, 0) is 14.6 Å². The average molecular weight is 318 g/mol. The molecule has 0 aromatic heterocycles. The Bertz CT molecular complexity index is 644. The Morgan fingerprint density at radius 1 is 1.33 bits per heavy atom. The molecule has 1 N–H and O–H groups in total. The number of benzene rings is 1. The molecule has 5 nitrogen and oxygen atoms in total. The van der Waals surface area contributed by atoms with Crippen LogP contribution in [0.4, 0.5) is 4.39 Å². The largest absolute Gasteiger partial charge is 0.478 e. The second-order valence-electron chi connectivity index (χ2n) is 5.69. The molecule has 0 bridgehead atoms. The first-order valence-electron chi connectivity index (χ1n) is 6.34. The molecule has 118 valence electrons. The molecule has 0 fully saturated rings. The maximum Gasteiger partial charge on any atom is 0.338 e. The number of aromatic carboxylic acids is 1. The topological polar surface area (TPSA) is 80.7 Å². The van der Waals surface area contributed by atoms with Crippen LogP contribution >= 0.6 is 0 Å². The molecular weight excluding hydrogens is 299 g/mol. The summed E-state index contributed by atoms with van der Waals surface area (Å²) in [5.74, 6) is -2.72. The van der Waals surface area contributed by atoms with Crippen LogP contribution in [0.15, 0.2) is 17.0 Å². The highest BCUT2D eigenvalue weighted by Gasteiger charge is 2.22. The van der Waals surface area contributed by atoms with Crippen molar-refractivity contribution in [2.45, 2.75) is 38.2 Å². The molecule has 0 aliphatic heterocycles. The first kappa shape index (κ1) is 17.6. The van der Waals surface area contributed by atoms with Gasteiger partial charge in [0.15, 0.2) is 9.84 Å². The fourth-order valence-corrected chi connectivity index (χ4v) is 2.84. The molecule has 0 aliphatic carbocycles. The van der Waals surface area contributed by atoms with Crippen LogP contribution in [0.5, 0.6) is 0 Å². The van der Waals surface area contributed by atoms with E-state index in [0.29, 0.717) is 0 Å². The number of halogens is 1. The minimum absolute atomic E-state index is 0.0229. The zero-order chi connectivity index (χ0) is 16.4. The molecule has 0 saturated carbocycles. The smallest absolute Gasteiger partial charge is 0.338 e. The lowest BCUT2D eigenvalue weighted by molar-refractivity contribution is 0.00644. The van der Waals surface area contributed by atoms with Crippen LogP contribution in [0.1, 0.15) is 36.7 Å². The van der Waals surface area contributed by atoms with E-state index in [9.17, 15) is 17.6 Å². The summed E-state index contributed by atoms with van der Waals surface area (Å²) in [6.07, 6.45) is 0. The van der Waals surface area contributed by atoms with Gasteiger partial charge in [0.05, 0.1) is 28.4 Å². The fraction of sp³-hybridized carbons (Fsp3) is 0.500.